The van der Waals surface area contributed by atoms with Crippen LogP contribution in [0, 0.1) is 0 Å². The molecule has 0 aliphatic rings. The van der Waals surface area contributed by atoms with Crippen LogP contribution >= 0.6 is 0 Å². The van der Waals surface area contributed by atoms with E-state index in [2.05, 4.69) is 39.8 Å². The summed E-state index contributed by atoms with van der Waals surface area (Å²) in [6.45, 7) is 8.57. The first-order valence-electron chi connectivity index (χ1n) is 5.25. The first kappa shape index (κ1) is 12.8. The molecule has 0 aromatic heterocycles. The molecule has 0 aliphatic carbocycles. The zero-order valence-corrected chi connectivity index (χ0v) is 12.3. The standard InChI is InChI=1S/C4H10N.3C2H5.Sn/c1-4-5(2)3;3*1-2;/h1,4H2,2-3H3;3*1H2,2H3;. The molecule has 0 rings (SSSR count). The van der Waals surface area contributed by atoms with Crippen LogP contribution in [0.3, 0.4) is 0 Å². The van der Waals surface area contributed by atoms with E-state index in [1.54, 1.807) is 4.44 Å². The summed E-state index contributed by atoms with van der Waals surface area (Å²) in [7, 11) is 4.38. The van der Waals surface area contributed by atoms with Gasteiger partial charge in [0.05, 0.1) is 0 Å². The van der Waals surface area contributed by atoms with Crippen molar-refractivity contribution in [1.82, 2.24) is 4.90 Å². The molecule has 0 saturated heterocycles. The van der Waals surface area contributed by atoms with Gasteiger partial charge in [0, 0.05) is 0 Å². The summed E-state index contributed by atoms with van der Waals surface area (Å²) in [5.41, 5.74) is 0. The van der Waals surface area contributed by atoms with Crippen molar-refractivity contribution in [3.8, 4) is 0 Å². The zero-order chi connectivity index (χ0) is 9.61. The number of hydrogen-bond donors (Lipinski definition) is 0. The fourth-order valence-corrected chi connectivity index (χ4v) is 11.7. The fraction of sp³-hybridized carbons (Fsp3) is 1.00. The average molecular weight is 278 g/mol. The van der Waals surface area contributed by atoms with Crippen molar-refractivity contribution < 1.29 is 0 Å². The molecule has 12 heavy (non-hydrogen) atoms. The molecule has 0 saturated carbocycles. The third-order valence-electron chi connectivity index (χ3n) is 3.34. The van der Waals surface area contributed by atoms with Gasteiger partial charge >= 0.3 is 82.4 Å². The van der Waals surface area contributed by atoms with E-state index < -0.39 is 18.4 Å². The molecular weight excluding hydrogens is 253 g/mol. The zero-order valence-electron chi connectivity index (χ0n) is 9.48. The van der Waals surface area contributed by atoms with E-state index in [1.807, 2.05) is 0 Å². The third kappa shape index (κ3) is 4.13. The molecule has 1 nitrogen and oxygen atoms in total. The van der Waals surface area contributed by atoms with Crippen LogP contribution in [-0.4, -0.2) is 43.9 Å². The average Bonchev–Trinajstić information content (AvgIpc) is 2.08. The molecule has 2 heteroatoms. The minimum absolute atomic E-state index is 1.32. The van der Waals surface area contributed by atoms with Gasteiger partial charge in [-0.15, -0.1) is 0 Å². The Morgan fingerprint density at radius 3 is 1.58 bits per heavy atom. The Bertz CT molecular complexity index is 100. The van der Waals surface area contributed by atoms with E-state index >= 15 is 0 Å². The summed E-state index contributed by atoms with van der Waals surface area (Å²) >= 11 is -1.56. The predicted octanol–water partition coefficient (Wildman–Crippen LogP) is 3.06. The fourth-order valence-electron chi connectivity index (χ4n) is 1.74. The molecule has 0 radical (unpaired) electrons. The van der Waals surface area contributed by atoms with E-state index in [1.165, 1.54) is 19.9 Å². The van der Waals surface area contributed by atoms with Crippen LogP contribution in [0.4, 0.5) is 0 Å². The second kappa shape index (κ2) is 6.25. The topological polar surface area (TPSA) is 3.24 Å². The summed E-state index contributed by atoms with van der Waals surface area (Å²) in [5, 5.41) is 0. The first-order valence-corrected chi connectivity index (χ1v) is 13.3. The summed E-state index contributed by atoms with van der Waals surface area (Å²) in [6.07, 6.45) is 0. The Labute approximate surface area is 82.4 Å². The predicted molar refractivity (Wildman–Crippen MR) is 60.6 cm³/mol. The van der Waals surface area contributed by atoms with E-state index in [0.717, 1.165) is 0 Å². The molecule has 0 unspecified atom stereocenters. The Morgan fingerprint density at radius 2 is 1.33 bits per heavy atom. The van der Waals surface area contributed by atoms with Gasteiger partial charge in [0.25, 0.3) is 0 Å². The molecule has 0 aromatic carbocycles. The summed E-state index contributed by atoms with van der Waals surface area (Å²) in [4.78, 5) is 2.34. The molecule has 0 bridgehead atoms. The molecule has 0 spiro atoms. The van der Waals surface area contributed by atoms with Crippen molar-refractivity contribution in [2.45, 2.75) is 38.5 Å². The molecular formula is C10H25NSn. The van der Waals surface area contributed by atoms with E-state index in [9.17, 15) is 0 Å². The van der Waals surface area contributed by atoms with Gasteiger partial charge in [0.2, 0.25) is 0 Å². The molecule has 0 heterocycles. The summed E-state index contributed by atoms with van der Waals surface area (Å²) in [5.74, 6) is 0. The van der Waals surface area contributed by atoms with Gasteiger partial charge in [0.15, 0.2) is 0 Å². The van der Waals surface area contributed by atoms with Gasteiger partial charge in [-0.2, -0.15) is 0 Å². The summed E-state index contributed by atoms with van der Waals surface area (Å²) < 4.78 is 6.17. The Hall–Kier alpha value is 0.759. The van der Waals surface area contributed by atoms with Gasteiger partial charge in [-0.05, 0) is 0 Å². The molecule has 0 N–H and O–H groups in total. The molecule has 0 aliphatic heterocycles. The van der Waals surface area contributed by atoms with Crippen LogP contribution in [0.2, 0.25) is 17.7 Å². The van der Waals surface area contributed by atoms with Crippen LogP contribution in [0.15, 0.2) is 0 Å². The maximum atomic E-state index is 2.42. The van der Waals surface area contributed by atoms with Gasteiger partial charge < -0.3 is 0 Å². The van der Waals surface area contributed by atoms with Crippen molar-refractivity contribution >= 4 is 18.4 Å². The number of hydrogen-bond acceptors (Lipinski definition) is 1. The number of rotatable bonds is 6. The van der Waals surface area contributed by atoms with E-state index in [4.69, 9.17) is 0 Å². The summed E-state index contributed by atoms with van der Waals surface area (Å²) in [6, 6.07) is 0. The quantitative estimate of drug-likeness (QED) is 0.675. The number of nitrogens with zero attached hydrogens (tertiary/aromatic N) is 1. The molecule has 0 atom stereocenters. The van der Waals surface area contributed by atoms with Crippen molar-refractivity contribution in [3.63, 3.8) is 0 Å². The van der Waals surface area contributed by atoms with Gasteiger partial charge in [-0.3, -0.25) is 0 Å². The van der Waals surface area contributed by atoms with Crippen LogP contribution in [0.1, 0.15) is 20.8 Å². The van der Waals surface area contributed by atoms with Crippen LogP contribution in [0.5, 0.6) is 0 Å². The van der Waals surface area contributed by atoms with Crippen molar-refractivity contribution in [2.24, 2.45) is 0 Å². The second-order valence-electron chi connectivity index (χ2n) is 4.11. The van der Waals surface area contributed by atoms with Gasteiger partial charge in [-0.25, -0.2) is 0 Å². The van der Waals surface area contributed by atoms with E-state index in [-0.39, 0.29) is 0 Å². The second-order valence-corrected chi connectivity index (χ2v) is 20.2. The van der Waals surface area contributed by atoms with Crippen LogP contribution < -0.4 is 0 Å². The molecule has 74 valence electrons. The normalized spacial score (nSPS) is 12.5. The maximum absolute atomic E-state index is 2.42. The monoisotopic (exact) mass is 279 g/mol. The van der Waals surface area contributed by atoms with Crippen LogP contribution in [0.25, 0.3) is 0 Å². The Balaban J connectivity index is 3.93. The van der Waals surface area contributed by atoms with Crippen molar-refractivity contribution in [1.29, 1.82) is 0 Å². The molecule has 0 aromatic rings. The molecule has 0 fully saturated rings. The van der Waals surface area contributed by atoms with Crippen LogP contribution in [-0.2, 0) is 0 Å². The Morgan fingerprint density at radius 1 is 0.917 bits per heavy atom. The van der Waals surface area contributed by atoms with Crippen molar-refractivity contribution in [3.05, 3.63) is 0 Å². The third-order valence-corrected chi connectivity index (χ3v) is 19.8. The SMILES string of the molecule is C[CH2][Sn]([CH2]C)([CH2]C)[CH2]CN(C)C. The van der Waals surface area contributed by atoms with Gasteiger partial charge in [-0.1, -0.05) is 0 Å². The molecule has 0 amide bonds. The Kier molecular flexibility index (Phi) is 6.64. The first-order chi connectivity index (χ1) is 5.60. The minimum atomic E-state index is -1.56. The van der Waals surface area contributed by atoms with E-state index in [0.29, 0.717) is 0 Å². The van der Waals surface area contributed by atoms with Gasteiger partial charge in [0.1, 0.15) is 0 Å². The van der Waals surface area contributed by atoms with Crippen molar-refractivity contribution in [2.75, 3.05) is 20.6 Å².